The van der Waals surface area contributed by atoms with Crippen LogP contribution < -0.4 is 10.2 Å². The van der Waals surface area contributed by atoms with Crippen molar-refractivity contribution in [3.63, 3.8) is 0 Å². The maximum absolute atomic E-state index is 11.9. The minimum absolute atomic E-state index is 0.360. The molecule has 5 nitrogen and oxygen atoms in total. The van der Waals surface area contributed by atoms with Crippen molar-refractivity contribution in [1.82, 2.24) is 5.43 Å². The number of halogens is 1. The molecule has 0 aliphatic heterocycles. The highest BCUT2D eigenvalue weighted by molar-refractivity contribution is 9.10. The summed E-state index contributed by atoms with van der Waals surface area (Å²) in [6.45, 7) is 0. The Bertz CT molecular complexity index is 594. The second kappa shape index (κ2) is 6.19. The zero-order valence-electron chi connectivity index (χ0n) is 10.1. The molecule has 0 bridgehead atoms. The molecule has 6 heteroatoms. The zero-order chi connectivity index (χ0) is 13.7. The van der Waals surface area contributed by atoms with Crippen LogP contribution in [0.4, 0.5) is 0 Å². The molecule has 0 radical (unpaired) electrons. The van der Waals surface area contributed by atoms with Gasteiger partial charge in [-0.15, -0.1) is 0 Å². The van der Waals surface area contributed by atoms with Crippen LogP contribution in [0, 0.1) is 0 Å². The van der Waals surface area contributed by atoms with Gasteiger partial charge in [-0.3, -0.25) is 4.79 Å². The maximum Gasteiger partial charge on any atom is 0.275 e. The number of hydrogen-bond donors (Lipinski definition) is 1. The maximum atomic E-state index is 11.9. The fourth-order valence-corrected chi connectivity index (χ4v) is 1.80. The Morgan fingerprint density at radius 3 is 3.00 bits per heavy atom. The van der Waals surface area contributed by atoms with E-state index in [4.69, 9.17) is 9.15 Å². The number of nitrogens with one attached hydrogen (secondary N) is 1. The van der Waals surface area contributed by atoms with Crippen LogP contribution in [0.3, 0.4) is 0 Å². The van der Waals surface area contributed by atoms with E-state index in [1.807, 2.05) is 0 Å². The van der Waals surface area contributed by atoms with Gasteiger partial charge >= 0.3 is 0 Å². The fourth-order valence-electron chi connectivity index (χ4n) is 1.44. The van der Waals surface area contributed by atoms with Crippen molar-refractivity contribution in [1.29, 1.82) is 0 Å². The van der Waals surface area contributed by atoms with Gasteiger partial charge < -0.3 is 9.15 Å². The van der Waals surface area contributed by atoms with Crippen molar-refractivity contribution in [2.75, 3.05) is 7.11 Å². The first kappa shape index (κ1) is 13.4. The van der Waals surface area contributed by atoms with E-state index < -0.39 is 0 Å². The molecule has 1 heterocycles. The third-order valence-corrected chi connectivity index (χ3v) is 2.80. The van der Waals surface area contributed by atoms with Crippen LogP contribution in [-0.2, 0) is 0 Å². The van der Waals surface area contributed by atoms with Crippen LogP contribution in [0.15, 0.2) is 50.6 Å². The molecule has 19 heavy (non-hydrogen) atoms. The van der Waals surface area contributed by atoms with Crippen LogP contribution in [0.1, 0.15) is 16.1 Å². The second-order valence-corrected chi connectivity index (χ2v) is 4.47. The predicted octanol–water partition coefficient (Wildman–Crippen LogP) is 2.81. The molecule has 1 aromatic heterocycles. The molecule has 0 unspecified atom stereocenters. The number of amides is 1. The SMILES string of the molecule is COc1ccc(Br)cc1C(=O)NN=Cc1ccco1. The molecular formula is C13H11BrN2O3. The highest BCUT2D eigenvalue weighted by Gasteiger charge is 2.11. The Morgan fingerprint density at radius 1 is 1.47 bits per heavy atom. The number of rotatable bonds is 4. The van der Waals surface area contributed by atoms with Crippen LogP contribution in [0.2, 0.25) is 0 Å². The summed E-state index contributed by atoms with van der Waals surface area (Å²) in [5.41, 5.74) is 2.81. The van der Waals surface area contributed by atoms with Gasteiger partial charge in [0, 0.05) is 4.47 Å². The van der Waals surface area contributed by atoms with Crippen molar-refractivity contribution in [3.05, 3.63) is 52.4 Å². The van der Waals surface area contributed by atoms with Gasteiger partial charge in [0.2, 0.25) is 0 Å². The highest BCUT2D eigenvalue weighted by atomic mass is 79.9. The van der Waals surface area contributed by atoms with E-state index >= 15 is 0 Å². The Balaban J connectivity index is 2.09. The van der Waals surface area contributed by atoms with Gasteiger partial charge in [0.1, 0.15) is 11.5 Å². The van der Waals surface area contributed by atoms with Gasteiger partial charge in [-0.25, -0.2) is 5.43 Å². The summed E-state index contributed by atoms with van der Waals surface area (Å²) in [4.78, 5) is 11.9. The molecule has 98 valence electrons. The number of ether oxygens (including phenoxy) is 1. The van der Waals surface area contributed by atoms with Crippen LogP contribution in [0.25, 0.3) is 0 Å². The third-order valence-electron chi connectivity index (χ3n) is 2.31. The standard InChI is InChI=1S/C13H11BrN2O3/c1-18-12-5-4-9(14)7-11(12)13(17)16-15-8-10-3-2-6-19-10/h2-8H,1H3,(H,16,17). The number of hydrazone groups is 1. The van der Waals surface area contributed by atoms with Crippen molar-refractivity contribution < 1.29 is 13.9 Å². The first-order valence-electron chi connectivity index (χ1n) is 5.41. The Kier molecular flexibility index (Phi) is 4.35. The first-order chi connectivity index (χ1) is 9.20. The van der Waals surface area contributed by atoms with Crippen molar-refractivity contribution >= 4 is 28.1 Å². The van der Waals surface area contributed by atoms with E-state index in [1.54, 1.807) is 30.3 Å². The Labute approximate surface area is 118 Å². The fraction of sp³-hybridized carbons (Fsp3) is 0.0769. The van der Waals surface area contributed by atoms with Gasteiger partial charge in [-0.1, -0.05) is 15.9 Å². The number of hydrogen-bond acceptors (Lipinski definition) is 4. The number of nitrogens with zero attached hydrogens (tertiary/aromatic N) is 1. The minimum atomic E-state index is -0.360. The molecule has 0 aliphatic rings. The molecule has 0 saturated heterocycles. The van der Waals surface area contributed by atoms with Crippen molar-refractivity contribution in [2.24, 2.45) is 5.10 Å². The van der Waals surface area contributed by atoms with Crippen molar-refractivity contribution in [3.8, 4) is 5.75 Å². The molecule has 0 saturated carbocycles. The molecule has 2 aromatic rings. The Morgan fingerprint density at radius 2 is 2.32 bits per heavy atom. The summed E-state index contributed by atoms with van der Waals surface area (Å²) < 4.78 is 11.0. The molecule has 1 amide bonds. The molecule has 0 fully saturated rings. The Hall–Kier alpha value is -2.08. The number of furan rings is 1. The van der Waals surface area contributed by atoms with Gasteiger partial charge in [0.15, 0.2) is 0 Å². The van der Waals surface area contributed by atoms with Gasteiger partial charge in [-0.05, 0) is 30.3 Å². The summed E-state index contributed by atoms with van der Waals surface area (Å²) >= 11 is 3.30. The smallest absolute Gasteiger partial charge is 0.275 e. The minimum Gasteiger partial charge on any atom is -0.496 e. The normalized spacial score (nSPS) is 10.6. The van der Waals surface area contributed by atoms with Gasteiger partial charge in [-0.2, -0.15) is 5.10 Å². The average Bonchev–Trinajstić information content (AvgIpc) is 2.91. The quantitative estimate of drug-likeness (QED) is 0.695. The monoisotopic (exact) mass is 322 g/mol. The summed E-state index contributed by atoms with van der Waals surface area (Å²) in [7, 11) is 1.51. The first-order valence-corrected chi connectivity index (χ1v) is 6.20. The predicted molar refractivity (Wildman–Crippen MR) is 74.5 cm³/mol. The van der Waals surface area contributed by atoms with E-state index in [9.17, 15) is 4.79 Å². The second-order valence-electron chi connectivity index (χ2n) is 3.56. The van der Waals surface area contributed by atoms with E-state index in [1.165, 1.54) is 19.6 Å². The van der Waals surface area contributed by atoms with Gasteiger partial charge in [0.25, 0.3) is 5.91 Å². The largest absolute Gasteiger partial charge is 0.496 e. The van der Waals surface area contributed by atoms with E-state index in [0.29, 0.717) is 17.1 Å². The summed E-state index contributed by atoms with van der Waals surface area (Å²) in [6.07, 6.45) is 2.95. The molecule has 0 atom stereocenters. The summed E-state index contributed by atoms with van der Waals surface area (Å²) in [5, 5.41) is 3.81. The molecule has 2 rings (SSSR count). The highest BCUT2D eigenvalue weighted by Crippen LogP contribution is 2.22. The van der Waals surface area contributed by atoms with E-state index in [2.05, 4.69) is 26.5 Å². The van der Waals surface area contributed by atoms with Crippen molar-refractivity contribution in [2.45, 2.75) is 0 Å². The molecule has 1 aromatic carbocycles. The van der Waals surface area contributed by atoms with Crippen LogP contribution in [0.5, 0.6) is 5.75 Å². The lowest BCUT2D eigenvalue weighted by molar-refractivity contribution is 0.0952. The number of carbonyl (C=O) groups excluding carboxylic acids is 1. The number of carbonyl (C=O) groups is 1. The topological polar surface area (TPSA) is 63.8 Å². The number of benzene rings is 1. The van der Waals surface area contributed by atoms with Gasteiger partial charge in [0.05, 0.1) is 25.2 Å². The van der Waals surface area contributed by atoms with Crippen LogP contribution >= 0.6 is 15.9 Å². The average molecular weight is 323 g/mol. The lowest BCUT2D eigenvalue weighted by atomic mass is 10.2. The zero-order valence-corrected chi connectivity index (χ0v) is 11.7. The lowest BCUT2D eigenvalue weighted by Gasteiger charge is -2.07. The summed E-state index contributed by atoms with van der Waals surface area (Å²) in [6, 6.07) is 8.63. The molecular weight excluding hydrogens is 312 g/mol. The third kappa shape index (κ3) is 3.45. The summed E-state index contributed by atoms with van der Waals surface area (Å²) in [5.74, 6) is 0.677. The molecule has 1 N–H and O–H groups in total. The van der Waals surface area contributed by atoms with Crippen LogP contribution in [-0.4, -0.2) is 19.2 Å². The lowest BCUT2D eigenvalue weighted by Crippen LogP contribution is -2.18. The molecule has 0 spiro atoms. The molecule has 0 aliphatic carbocycles. The van der Waals surface area contributed by atoms with E-state index in [-0.39, 0.29) is 5.91 Å². The number of methoxy groups -OCH3 is 1. The van der Waals surface area contributed by atoms with E-state index in [0.717, 1.165) is 4.47 Å².